The molecule has 0 aromatic heterocycles. The van der Waals surface area contributed by atoms with Crippen LogP contribution in [0.4, 0.5) is 0 Å². The van der Waals surface area contributed by atoms with Crippen molar-refractivity contribution >= 4 is 11.9 Å². The van der Waals surface area contributed by atoms with Crippen LogP contribution in [0.2, 0.25) is 0 Å². The van der Waals surface area contributed by atoms with Crippen LogP contribution in [0.15, 0.2) is 0 Å². The summed E-state index contributed by atoms with van der Waals surface area (Å²) < 4.78 is 5.49. The maximum Gasteiger partial charge on any atom is 0.305 e. The van der Waals surface area contributed by atoms with Gasteiger partial charge < -0.3 is 20.3 Å². The van der Waals surface area contributed by atoms with Gasteiger partial charge in [0.25, 0.3) is 0 Å². The van der Waals surface area contributed by atoms with Gasteiger partial charge in [0.05, 0.1) is 25.4 Å². The van der Waals surface area contributed by atoms with Crippen LogP contribution >= 0.6 is 0 Å². The Morgan fingerprint density at radius 2 is 0.577 bits per heavy atom. The molecule has 0 saturated carbocycles. The number of carbonyl (C=O) groups is 2. The molecule has 0 heterocycles. The Kier molecular flexibility index (Phi) is 60.4. The lowest BCUT2D eigenvalue weighted by atomic mass is 10.0. The van der Waals surface area contributed by atoms with Gasteiger partial charge in [-0.2, -0.15) is 0 Å². The number of nitrogens with one attached hydrogen (secondary N) is 1. The molecule has 0 fully saturated rings. The highest BCUT2D eigenvalue weighted by Gasteiger charge is 2.20. The third kappa shape index (κ3) is 58.0. The van der Waals surface area contributed by atoms with Gasteiger partial charge in [0.1, 0.15) is 0 Å². The highest BCUT2D eigenvalue weighted by atomic mass is 16.5. The Morgan fingerprint density at radius 3 is 0.859 bits per heavy atom. The number of aliphatic hydroxyl groups excluding tert-OH is 2. The van der Waals surface area contributed by atoms with Crippen molar-refractivity contribution in [2.24, 2.45) is 0 Å². The molecule has 2 atom stereocenters. The molecule has 71 heavy (non-hydrogen) atoms. The van der Waals surface area contributed by atoms with Gasteiger partial charge in [-0.1, -0.05) is 341 Å². The number of ether oxygens (including phenoxy) is 1. The molecule has 0 aliphatic rings. The molecular weight excluding hydrogens is 875 g/mol. The second kappa shape index (κ2) is 61.4. The van der Waals surface area contributed by atoms with Gasteiger partial charge in [0.15, 0.2) is 0 Å². The molecule has 424 valence electrons. The van der Waals surface area contributed by atoms with Crippen LogP contribution in [-0.2, 0) is 14.3 Å². The largest absolute Gasteiger partial charge is 0.466 e. The molecule has 6 nitrogen and oxygen atoms in total. The lowest BCUT2D eigenvalue weighted by molar-refractivity contribution is -0.143. The van der Waals surface area contributed by atoms with Gasteiger partial charge in [0.2, 0.25) is 5.91 Å². The van der Waals surface area contributed by atoms with Gasteiger partial charge in [-0.15, -0.1) is 0 Å². The zero-order valence-corrected chi connectivity index (χ0v) is 48.5. The number of aliphatic hydroxyl groups is 2. The zero-order chi connectivity index (χ0) is 51.4. The summed E-state index contributed by atoms with van der Waals surface area (Å²) in [7, 11) is 0. The van der Waals surface area contributed by atoms with E-state index in [-0.39, 0.29) is 18.5 Å². The number of hydrogen-bond donors (Lipinski definition) is 3. The number of esters is 1. The van der Waals surface area contributed by atoms with E-state index in [1.165, 1.54) is 308 Å². The van der Waals surface area contributed by atoms with E-state index >= 15 is 0 Å². The summed E-state index contributed by atoms with van der Waals surface area (Å²) in [5, 5.41) is 23.3. The summed E-state index contributed by atoms with van der Waals surface area (Å²) in [6.07, 6.45) is 72.7. The quantitative estimate of drug-likeness (QED) is 0.0417. The van der Waals surface area contributed by atoms with Gasteiger partial charge in [-0.3, -0.25) is 9.59 Å². The van der Waals surface area contributed by atoms with E-state index < -0.39 is 12.1 Å². The van der Waals surface area contributed by atoms with Crippen molar-refractivity contribution in [3.05, 3.63) is 0 Å². The van der Waals surface area contributed by atoms with Crippen molar-refractivity contribution in [3.63, 3.8) is 0 Å². The Balaban J connectivity index is 3.33. The summed E-state index contributed by atoms with van der Waals surface area (Å²) in [5.41, 5.74) is 0. The topological polar surface area (TPSA) is 95.9 Å². The number of hydrogen-bond acceptors (Lipinski definition) is 5. The Labute approximate surface area is 445 Å². The fraction of sp³-hybridized carbons (Fsp3) is 0.969. The van der Waals surface area contributed by atoms with Crippen LogP contribution in [0.25, 0.3) is 0 Å². The molecular formula is C65H129NO5. The number of carbonyl (C=O) groups excluding carboxylic acids is 2. The summed E-state index contributed by atoms with van der Waals surface area (Å²) in [6.45, 7) is 4.99. The molecule has 0 bridgehead atoms. The number of unbranched alkanes of at least 4 members (excludes halogenated alkanes) is 51. The van der Waals surface area contributed by atoms with E-state index in [2.05, 4.69) is 19.2 Å². The lowest BCUT2D eigenvalue weighted by Crippen LogP contribution is -2.45. The van der Waals surface area contributed by atoms with Crippen molar-refractivity contribution in [2.75, 3.05) is 13.2 Å². The fourth-order valence-corrected chi connectivity index (χ4v) is 10.6. The van der Waals surface area contributed by atoms with E-state index in [9.17, 15) is 19.8 Å². The first-order valence-corrected chi connectivity index (χ1v) is 32.8. The number of rotatable bonds is 62. The van der Waals surface area contributed by atoms with Gasteiger partial charge in [0, 0.05) is 12.8 Å². The highest BCUT2D eigenvalue weighted by molar-refractivity contribution is 5.76. The average Bonchev–Trinajstić information content (AvgIpc) is 3.37. The molecule has 0 spiro atoms. The van der Waals surface area contributed by atoms with E-state index in [1.807, 2.05) is 0 Å². The Hall–Kier alpha value is -1.14. The molecule has 0 radical (unpaired) electrons. The van der Waals surface area contributed by atoms with Crippen LogP contribution < -0.4 is 5.32 Å². The molecule has 0 aliphatic heterocycles. The molecule has 2 unspecified atom stereocenters. The third-order valence-electron chi connectivity index (χ3n) is 15.7. The Bertz CT molecular complexity index is 1020. The van der Waals surface area contributed by atoms with Crippen molar-refractivity contribution < 1.29 is 24.5 Å². The summed E-state index contributed by atoms with van der Waals surface area (Å²) in [5.74, 6) is -0.00947. The maximum absolute atomic E-state index is 12.5. The van der Waals surface area contributed by atoms with E-state index in [0.29, 0.717) is 25.9 Å². The lowest BCUT2D eigenvalue weighted by Gasteiger charge is -2.22. The van der Waals surface area contributed by atoms with Crippen molar-refractivity contribution in [1.29, 1.82) is 0 Å². The Morgan fingerprint density at radius 1 is 0.338 bits per heavy atom. The predicted octanol–water partition coefficient (Wildman–Crippen LogP) is 20.6. The molecule has 3 N–H and O–H groups in total. The van der Waals surface area contributed by atoms with Crippen LogP contribution in [0.3, 0.4) is 0 Å². The number of amides is 1. The fourth-order valence-electron chi connectivity index (χ4n) is 10.6. The van der Waals surface area contributed by atoms with Gasteiger partial charge in [-0.05, 0) is 25.7 Å². The van der Waals surface area contributed by atoms with Crippen molar-refractivity contribution in [3.8, 4) is 0 Å². The first-order valence-electron chi connectivity index (χ1n) is 32.8. The molecule has 1 amide bonds. The molecule has 0 rings (SSSR count). The molecule has 0 aromatic carbocycles. The second-order valence-corrected chi connectivity index (χ2v) is 22.8. The van der Waals surface area contributed by atoms with Crippen LogP contribution in [0.5, 0.6) is 0 Å². The van der Waals surface area contributed by atoms with Crippen molar-refractivity contribution in [2.45, 2.75) is 392 Å². The monoisotopic (exact) mass is 1000 g/mol. The highest BCUT2D eigenvalue weighted by Crippen LogP contribution is 2.19. The van der Waals surface area contributed by atoms with Crippen molar-refractivity contribution in [1.82, 2.24) is 5.32 Å². The van der Waals surface area contributed by atoms with E-state index in [4.69, 9.17) is 4.74 Å². The molecule has 6 heteroatoms. The van der Waals surface area contributed by atoms with Gasteiger partial charge >= 0.3 is 5.97 Å². The third-order valence-corrected chi connectivity index (χ3v) is 15.7. The minimum absolute atomic E-state index is 0.0198. The van der Waals surface area contributed by atoms with Gasteiger partial charge in [-0.25, -0.2) is 0 Å². The minimum atomic E-state index is -0.661. The first-order chi connectivity index (χ1) is 35.0. The summed E-state index contributed by atoms with van der Waals surface area (Å²) >= 11 is 0. The van der Waals surface area contributed by atoms with E-state index in [0.717, 1.165) is 38.5 Å². The SMILES string of the molecule is CCCCCCCCCCCCCCCCCC(O)C(CO)NC(=O)CCCCCCCCCCCCCCCCCCCCCCCCCCCCOC(=O)CCCCCCCCCCCCCCC. The predicted molar refractivity (Wildman–Crippen MR) is 310 cm³/mol. The normalized spacial score (nSPS) is 12.5. The smallest absolute Gasteiger partial charge is 0.305 e. The standard InChI is InChI=1S/C65H129NO5/c1-3-5-7-9-11-13-15-17-30-34-37-41-45-49-53-57-63(68)62(61-67)66-64(69)58-54-50-46-42-38-35-31-28-26-24-22-20-18-19-21-23-25-27-29-32-36-40-44-48-52-56-60-71-65(70)59-55-51-47-43-39-33-16-14-12-10-8-6-4-2/h62-63,67-68H,3-61H2,1-2H3,(H,66,69). The molecule has 0 aliphatic carbocycles. The summed E-state index contributed by atoms with van der Waals surface area (Å²) in [4.78, 5) is 24.5. The summed E-state index contributed by atoms with van der Waals surface area (Å²) in [6, 6.07) is -0.538. The average molecular weight is 1000 g/mol. The van der Waals surface area contributed by atoms with Crippen LogP contribution in [-0.4, -0.2) is 47.4 Å². The zero-order valence-electron chi connectivity index (χ0n) is 48.5. The molecule has 0 saturated heterocycles. The van der Waals surface area contributed by atoms with Crippen LogP contribution in [0.1, 0.15) is 380 Å². The minimum Gasteiger partial charge on any atom is -0.466 e. The molecule has 0 aromatic rings. The van der Waals surface area contributed by atoms with Crippen LogP contribution in [0, 0.1) is 0 Å². The maximum atomic E-state index is 12.5. The van der Waals surface area contributed by atoms with E-state index in [1.54, 1.807) is 0 Å². The first kappa shape index (κ1) is 69.9. The second-order valence-electron chi connectivity index (χ2n) is 22.8.